The number of benzene rings is 1. The molecule has 1 aromatic carbocycles. The Morgan fingerprint density at radius 1 is 1.22 bits per heavy atom. The molecule has 1 saturated heterocycles. The molecule has 4 atom stereocenters. The first-order chi connectivity index (χ1) is 15.2. The van der Waals surface area contributed by atoms with Gasteiger partial charge < -0.3 is 31.5 Å². The van der Waals surface area contributed by atoms with Gasteiger partial charge >= 0.3 is 10.3 Å². The number of para-hydroxylation sites is 1. The molecule has 3 heterocycles. The highest BCUT2D eigenvalue weighted by Gasteiger charge is 2.45. The largest absolute Gasteiger partial charge is 0.858 e. The van der Waals surface area contributed by atoms with Crippen LogP contribution < -0.4 is 16.6 Å². The second kappa shape index (κ2) is 8.29. The summed E-state index contributed by atoms with van der Waals surface area (Å²) in [5.41, 5.74) is 11.8. The summed E-state index contributed by atoms with van der Waals surface area (Å²) in [5, 5.41) is 32.8. The monoisotopic (exact) mass is 464 g/mol. The molecule has 0 spiro atoms. The summed E-state index contributed by atoms with van der Waals surface area (Å²) in [6, 6.07) is 5.79. The molecule has 6 N–H and O–H groups in total. The van der Waals surface area contributed by atoms with Crippen LogP contribution in [-0.4, -0.2) is 69.0 Å². The SMILES string of the molecule is Nc1ccccc1/C([O-])=N/S(=O)(=O)OC[C@H]1O[C@@H](n2cnc3c(N)ncnc32)[C@H](O)[C@@H]1O. The fraction of sp³-hybridized carbons (Fsp3) is 0.294. The van der Waals surface area contributed by atoms with E-state index in [1.54, 1.807) is 6.07 Å². The van der Waals surface area contributed by atoms with Crippen LogP contribution in [0.15, 0.2) is 41.3 Å². The van der Waals surface area contributed by atoms with Crippen molar-refractivity contribution >= 4 is 38.9 Å². The molecule has 0 unspecified atom stereocenters. The van der Waals surface area contributed by atoms with Crippen LogP contribution in [0.5, 0.6) is 0 Å². The molecule has 14 nitrogen and oxygen atoms in total. The number of aliphatic hydroxyl groups is 2. The molecule has 1 aliphatic rings. The molecular weight excluding hydrogens is 446 g/mol. The molecule has 0 saturated carbocycles. The van der Waals surface area contributed by atoms with Crippen molar-refractivity contribution in [2.45, 2.75) is 24.5 Å². The maximum Gasteiger partial charge on any atom is 0.380 e. The highest BCUT2D eigenvalue weighted by atomic mass is 32.2. The van der Waals surface area contributed by atoms with Gasteiger partial charge in [-0.05, 0) is 6.07 Å². The van der Waals surface area contributed by atoms with Crippen LogP contribution in [0.25, 0.3) is 11.2 Å². The quantitative estimate of drug-likeness (QED) is 0.171. The van der Waals surface area contributed by atoms with Crippen LogP contribution in [0.3, 0.4) is 0 Å². The highest BCUT2D eigenvalue weighted by molar-refractivity contribution is 7.85. The molecular formula is C17H18N7O7S-. The Kier molecular flexibility index (Phi) is 5.66. The van der Waals surface area contributed by atoms with Crippen LogP contribution in [0, 0.1) is 0 Å². The van der Waals surface area contributed by atoms with Gasteiger partial charge in [0.2, 0.25) is 0 Å². The molecule has 3 aromatic rings. The van der Waals surface area contributed by atoms with E-state index in [9.17, 15) is 23.7 Å². The van der Waals surface area contributed by atoms with Gasteiger partial charge in [-0.2, -0.15) is 12.8 Å². The van der Waals surface area contributed by atoms with Gasteiger partial charge in [0.05, 0.1) is 12.9 Å². The van der Waals surface area contributed by atoms with Crippen molar-refractivity contribution in [2.24, 2.45) is 4.40 Å². The number of hydrogen-bond acceptors (Lipinski definition) is 12. The molecule has 2 aromatic heterocycles. The van der Waals surface area contributed by atoms with Crippen molar-refractivity contribution in [3.63, 3.8) is 0 Å². The lowest BCUT2D eigenvalue weighted by molar-refractivity contribution is -0.212. The maximum absolute atomic E-state index is 12.1. The van der Waals surface area contributed by atoms with Gasteiger partial charge in [-0.15, -0.1) is 0 Å². The van der Waals surface area contributed by atoms with E-state index in [0.29, 0.717) is 0 Å². The first-order valence-electron chi connectivity index (χ1n) is 9.14. The van der Waals surface area contributed by atoms with E-state index in [4.69, 9.17) is 20.4 Å². The van der Waals surface area contributed by atoms with Gasteiger partial charge in [0.1, 0.15) is 30.2 Å². The second-order valence-electron chi connectivity index (χ2n) is 6.83. The Morgan fingerprint density at radius 2 is 1.97 bits per heavy atom. The van der Waals surface area contributed by atoms with Crippen molar-refractivity contribution in [1.29, 1.82) is 0 Å². The van der Waals surface area contributed by atoms with Crippen molar-refractivity contribution in [1.82, 2.24) is 19.5 Å². The predicted octanol–water partition coefficient (Wildman–Crippen LogP) is -2.32. The molecule has 4 rings (SSSR count). The van der Waals surface area contributed by atoms with Gasteiger partial charge in [0.25, 0.3) is 0 Å². The van der Waals surface area contributed by atoms with Crippen molar-refractivity contribution < 1.29 is 32.7 Å². The van der Waals surface area contributed by atoms with Crippen LogP contribution in [0.4, 0.5) is 11.5 Å². The van der Waals surface area contributed by atoms with Gasteiger partial charge in [-0.25, -0.2) is 19.1 Å². The fourth-order valence-corrected chi connectivity index (χ4v) is 3.84. The van der Waals surface area contributed by atoms with Gasteiger partial charge in [-0.1, -0.05) is 18.2 Å². The Labute approximate surface area is 181 Å². The number of rotatable bonds is 6. The summed E-state index contributed by atoms with van der Waals surface area (Å²) in [4.78, 5) is 11.9. The molecule has 0 aliphatic carbocycles. The molecule has 0 radical (unpaired) electrons. The zero-order chi connectivity index (χ0) is 23.0. The van der Waals surface area contributed by atoms with E-state index in [-0.39, 0.29) is 28.2 Å². The summed E-state index contributed by atoms with van der Waals surface area (Å²) in [6.45, 7) is -0.720. The lowest BCUT2D eigenvalue weighted by Crippen LogP contribution is -2.34. The maximum atomic E-state index is 12.1. The summed E-state index contributed by atoms with van der Waals surface area (Å²) in [5.74, 6) is -1.01. The molecule has 1 aliphatic heterocycles. The third-order valence-corrected chi connectivity index (χ3v) is 5.59. The summed E-state index contributed by atoms with van der Waals surface area (Å²) in [7, 11) is -4.69. The number of nitrogens with two attached hydrogens (primary N) is 2. The van der Waals surface area contributed by atoms with E-state index in [2.05, 4.69) is 19.3 Å². The fourth-order valence-electron chi connectivity index (χ4n) is 3.17. The van der Waals surface area contributed by atoms with E-state index in [1.165, 1.54) is 35.4 Å². The average molecular weight is 464 g/mol. The first kappa shape index (κ1) is 21.8. The minimum absolute atomic E-state index is 0.0500. The minimum atomic E-state index is -4.69. The average Bonchev–Trinajstić information content (AvgIpc) is 3.29. The Bertz CT molecular complexity index is 1280. The zero-order valence-electron chi connectivity index (χ0n) is 16.2. The van der Waals surface area contributed by atoms with Crippen molar-refractivity contribution in [2.75, 3.05) is 18.1 Å². The van der Waals surface area contributed by atoms with E-state index in [1.807, 2.05) is 0 Å². The second-order valence-corrected chi connectivity index (χ2v) is 8.10. The number of anilines is 2. The van der Waals surface area contributed by atoms with Gasteiger partial charge in [0.15, 0.2) is 17.7 Å². The molecule has 1 fully saturated rings. The number of ether oxygens (including phenoxy) is 1. The van der Waals surface area contributed by atoms with E-state index in [0.717, 1.165) is 0 Å². The number of imidazole rings is 1. The van der Waals surface area contributed by atoms with E-state index >= 15 is 0 Å². The molecule has 32 heavy (non-hydrogen) atoms. The van der Waals surface area contributed by atoms with Crippen LogP contribution in [0.1, 0.15) is 11.8 Å². The smallest absolute Gasteiger partial charge is 0.380 e. The zero-order valence-corrected chi connectivity index (χ0v) is 17.0. The van der Waals surface area contributed by atoms with Crippen LogP contribution in [-0.2, 0) is 19.2 Å². The predicted molar refractivity (Wildman–Crippen MR) is 108 cm³/mol. The lowest BCUT2D eigenvalue weighted by atomic mass is 10.1. The Morgan fingerprint density at radius 3 is 2.72 bits per heavy atom. The number of fused-ring (bicyclic) bond motifs is 1. The number of aliphatic hydroxyl groups excluding tert-OH is 2. The van der Waals surface area contributed by atoms with Crippen molar-refractivity contribution in [3.05, 3.63) is 42.5 Å². The topological polar surface area (TPSA) is 224 Å². The van der Waals surface area contributed by atoms with Crippen LogP contribution >= 0.6 is 0 Å². The number of aromatic nitrogens is 4. The lowest BCUT2D eigenvalue weighted by Gasteiger charge is -2.16. The van der Waals surface area contributed by atoms with E-state index < -0.39 is 47.3 Å². The number of nitrogens with zero attached hydrogens (tertiary/aromatic N) is 5. The minimum Gasteiger partial charge on any atom is -0.858 e. The third kappa shape index (κ3) is 4.06. The molecule has 15 heteroatoms. The molecule has 170 valence electrons. The molecule has 0 amide bonds. The Balaban J connectivity index is 1.48. The summed E-state index contributed by atoms with van der Waals surface area (Å²) >= 11 is 0. The number of nitrogen functional groups attached to an aromatic ring is 2. The normalized spacial score (nSPS) is 24.2. The van der Waals surface area contributed by atoms with Gasteiger partial charge in [-0.3, -0.25) is 4.57 Å². The third-order valence-electron chi connectivity index (χ3n) is 4.77. The molecule has 0 bridgehead atoms. The number of hydrogen-bond donors (Lipinski definition) is 4. The van der Waals surface area contributed by atoms with Crippen molar-refractivity contribution in [3.8, 4) is 0 Å². The summed E-state index contributed by atoms with van der Waals surface area (Å²) in [6.07, 6.45) is -2.94. The summed E-state index contributed by atoms with van der Waals surface area (Å²) < 4.78 is 38.8. The Hall–Kier alpha value is -3.37. The first-order valence-corrected chi connectivity index (χ1v) is 10.5. The van der Waals surface area contributed by atoms with Gasteiger partial charge in [0, 0.05) is 17.1 Å². The standard InChI is InChI=1S/C17H19N7O7S/c18-9-4-2-1-3-8(9)16(27)23-32(28,29)30-5-10-12(25)13(26)17(31-10)24-7-22-11-14(19)20-6-21-15(11)24/h1-4,6-7,10,12-13,17,25-26H,5,18H2,(H,23,27)(H2,19,20,21)/p-1/t10-,12-,13-,17-/m1/s1. The van der Waals surface area contributed by atoms with Crippen LogP contribution in [0.2, 0.25) is 0 Å². The highest BCUT2D eigenvalue weighted by Crippen LogP contribution is 2.32.